The van der Waals surface area contributed by atoms with Crippen LogP contribution in [0.4, 0.5) is 0 Å². The van der Waals surface area contributed by atoms with Crippen molar-refractivity contribution in [3.8, 4) is 5.75 Å². The molecule has 3 heteroatoms. The Hall–Kier alpha value is -1.06. The van der Waals surface area contributed by atoms with Gasteiger partial charge in [-0.2, -0.15) is 0 Å². The number of hydrogen-bond donors (Lipinski definition) is 2. The number of aryl methyl sites for hydroxylation is 1. The van der Waals surface area contributed by atoms with Gasteiger partial charge in [-0.3, -0.25) is 4.90 Å². The molecule has 1 aromatic rings. The lowest BCUT2D eigenvalue weighted by Gasteiger charge is -2.30. The van der Waals surface area contributed by atoms with Crippen LogP contribution >= 0.6 is 0 Å². The highest BCUT2D eigenvalue weighted by Crippen LogP contribution is 2.24. The number of aromatic hydroxyl groups is 1. The fourth-order valence-electron chi connectivity index (χ4n) is 2.26. The molecule has 1 saturated heterocycles. The van der Waals surface area contributed by atoms with Gasteiger partial charge in [-0.15, -0.1) is 0 Å². The van der Waals surface area contributed by atoms with Crippen molar-refractivity contribution in [3.63, 3.8) is 0 Å². The SMILES string of the molecule is Cc1cccc(CN2CCCC(O)C2)c1O. The second-order valence-corrected chi connectivity index (χ2v) is 4.61. The summed E-state index contributed by atoms with van der Waals surface area (Å²) in [5, 5.41) is 19.5. The monoisotopic (exact) mass is 221 g/mol. The van der Waals surface area contributed by atoms with Crippen molar-refractivity contribution in [1.82, 2.24) is 4.90 Å². The van der Waals surface area contributed by atoms with Crippen LogP contribution in [0.1, 0.15) is 24.0 Å². The van der Waals surface area contributed by atoms with Gasteiger partial charge in [-0.05, 0) is 31.9 Å². The van der Waals surface area contributed by atoms with Crippen LogP contribution in [0.15, 0.2) is 18.2 Å². The third-order valence-electron chi connectivity index (χ3n) is 3.20. The minimum atomic E-state index is -0.208. The summed E-state index contributed by atoms with van der Waals surface area (Å²) < 4.78 is 0. The molecule has 2 N–H and O–H groups in total. The lowest BCUT2D eigenvalue weighted by Crippen LogP contribution is -2.37. The molecule has 1 unspecified atom stereocenters. The zero-order valence-corrected chi connectivity index (χ0v) is 9.69. The van der Waals surface area contributed by atoms with E-state index in [2.05, 4.69) is 4.90 Å². The van der Waals surface area contributed by atoms with E-state index in [1.54, 1.807) is 0 Å². The first-order valence-corrected chi connectivity index (χ1v) is 5.84. The number of aliphatic hydroxyl groups is 1. The predicted molar refractivity (Wildman–Crippen MR) is 63.4 cm³/mol. The summed E-state index contributed by atoms with van der Waals surface area (Å²) in [5.41, 5.74) is 1.86. The van der Waals surface area contributed by atoms with Gasteiger partial charge in [0.25, 0.3) is 0 Å². The summed E-state index contributed by atoms with van der Waals surface area (Å²) in [7, 11) is 0. The summed E-state index contributed by atoms with van der Waals surface area (Å²) in [6.07, 6.45) is 1.73. The molecule has 3 nitrogen and oxygen atoms in total. The average Bonchev–Trinajstić information content (AvgIpc) is 2.25. The molecule has 1 heterocycles. The zero-order valence-electron chi connectivity index (χ0n) is 9.69. The number of hydrogen-bond acceptors (Lipinski definition) is 3. The molecular formula is C13H19NO2. The number of phenolic OH excluding ortho intramolecular Hbond substituents is 1. The van der Waals surface area contributed by atoms with Crippen LogP contribution in [0.5, 0.6) is 5.75 Å². The average molecular weight is 221 g/mol. The molecule has 1 fully saturated rings. The molecule has 0 amide bonds. The molecule has 1 atom stereocenters. The quantitative estimate of drug-likeness (QED) is 0.798. The maximum atomic E-state index is 9.90. The normalized spacial score (nSPS) is 22.2. The van der Waals surface area contributed by atoms with Gasteiger partial charge in [0.2, 0.25) is 0 Å². The number of benzene rings is 1. The first-order valence-electron chi connectivity index (χ1n) is 5.84. The molecule has 1 aromatic carbocycles. The van der Waals surface area contributed by atoms with E-state index >= 15 is 0 Å². The first-order chi connectivity index (χ1) is 7.66. The molecule has 0 aromatic heterocycles. The predicted octanol–water partition coefficient (Wildman–Crippen LogP) is 1.66. The molecule has 1 aliphatic heterocycles. The molecule has 1 aliphatic rings. The first kappa shape index (κ1) is 11.4. The topological polar surface area (TPSA) is 43.7 Å². The van der Waals surface area contributed by atoms with Crippen LogP contribution in [0, 0.1) is 6.92 Å². The van der Waals surface area contributed by atoms with Gasteiger partial charge in [0, 0.05) is 18.7 Å². The van der Waals surface area contributed by atoms with Crippen LogP contribution in [0.2, 0.25) is 0 Å². The Kier molecular flexibility index (Phi) is 3.46. The Morgan fingerprint density at radius 3 is 3.00 bits per heavy atom. The molecular weight excluding hydrogens is 202 g/mol. The number of piperidine rings is 1. The van der Waals surface area contributed by atoms with Crippen molar-refractivity contribution in [2.24, 2.45) is 0 Å². The summed E-state index contributed by atoms with van der Waals surface area (Å²) >= 11 is 0. The molecule has 0 bridgehead atoms. The van der Waals surface area contributed by atoms with Crippen molar-refractivity contribution in [3.05, 3.63) is 29.3 Å². The van der Waals surface area contributed by atoms with Gasteiger partial charge >= 0.3 is 0 Å². The lowest BCUT2D eigenvalue weighted by molar-refractivity contribution is 0.0664. The van der Waals surface area contributed by atoms with Crippen LogP contribution < -0.4 is 0 Å². The van der Waals surface area contributed by atoms with Gasteiger partial charge < -0.3 is 10.2 Å². The molecule has 0 aliphatic carbocycles. The van der Waals surface area contributed by atoms with E-state index in [-0.39, 0.29) is 6.10 Å². The lowest BCUT2D eigenvalue weighted by atomic mass is 10.1. The van der Waals surface area contributed by atoms with E-state index < -0.39 is 0 Å². The van der Waals surface area contributed by atoms with E-state index in [0.29, 0.717) is 12.3 Å². The van der Waals surface area contributed by atoms with Crippen LogP contribution in [0.3, 0.4) is 0 Å². The number of likely N-dealkylation sites (tertiary alicyclic amines) is 1. The maximum Gasteiger partial charge on any atom is 0.122 e. The fraction of sp³-hybridized carbons (Fsp3) is 0.538. The van der Waals surface area contributed by atoms with Gasteiger partial charge in [0.15, 0.2) is 0 Å². The number of β-amino-alcohol motifs (C(OH)–C–C–N with tert-alkyl or cyclic N) is 1. The van der Waals surface area contributed by atoms with Gasteiger partial charge in [0.05, 0.1) is 6.10 Å². The Morgan fingerprint density at radius 2 is 2.25 bits per heavy atom. The standard InChI is InChI=1S/C13H19NO2/c1-10-4-2-5-11(13(10)16)8-14-7-3-6-12(15)9-14/h2,4-5,12,15-16H,3,6-9H2,1H3. The van der Waals surface area contributed by atoms with Crippen molar-refractivity contribution < 1.29 is 10.2 Å². The molecule has 0 saturated carbocycles. The van der Waals surface area contributed by atoms with Crippen molar-refractivity contribution in [2.45, 2.75) is 32.4 Å². The Bertz CT molecular complexity index is 365. The Balaban J connectivity index is 2.05. The van der Waals surface area contributed by atoms with E-state index in [0.717, 1.165) is 37.1 Å². The Morgan fingerprint density at radius 1 is 1.44 bits per heavy atom. The molecule has 16 heavy (non-hydrogen) atoms. The summed E-state index contributed by atoms with van der Waals surface area (Å²) in [6.45, 7) is 4.35. The van der Waals surface area contributed by atoms with Crippen LogP contribution in [-0.2, 0) is 6.54 Å². The number of rotatable bonds is 2. The Labute approximate surface area is 96.3 Å². The van der Waals surface area contributed by atoms with E-state index in [1.807, 2.05) is 25.1 Å². The fourth-order valence-corrected chi connectivity index (χ4v) is 2.26. The van der Waals surface area contributed by atoms with E-state index in [1.165, 1.54) is 0 Å². The number of aliphatic hydroxyl groups excluding tert-OH is 1. The van der Waals surface area contributed by atoms with Crippen molar-refractivity contribution in [2.75, 3.05) is 13.1 Å². The van der Waals surface area contributed by atoms with E-state index in [9.17, 15) is 10.2 Å². The summed E-state index contributed by atoms with van der Waals surface area (Å²) in [6, 6.07) is 5.82. The van der Waals surface area contributed by atoms with Crippen molar-refractivity contribution >= 4 is 0 Å². The van der Waals surface area contributed by atoms with Gasteiger partial charge in [0.1, 0.15) is 5.75 Å². The number of para-hydroxylation sites is 1. The number of nitrogens with zero attached hydrogens (tertiary/aromatic N) is 1. The van der Waals surface area contributed by atoms with Gasteiger partial charge in [-0.1, -0.05) is 18.2 Å². The molecule has 2 rings (SSSR count). The van der Waals surface area contributed by atoms with E-state index in [4.69, 9.17) is 0 Å². The zero-order chi connectivity index (χ0) is 11.5. The second kappa shape index (κ2) is 4.85. The minimum absolute atomic E-state index is 0.208. The summed E-state index contributed by atoms with van der Waals surface area (Å²) in [4.78, 5) is 2.20. The third kappa shape index (κ3) is 2.54. The highest BCUT2D eigenvalue weighted by atomic mass is 16.3. The number of phenols is 1. The highest BCUT2D eigenvalue weighted by Gasteiger charge is 2.18. The highest BCUT2D eigenvalue weighted by molar-refractivity contribution is 5.39. The van der Waals surface area contributed by atoms with Crippen LogP contribution in [-0.4, -0.2) is 34.3 Å². The minimum Gasteiger partial charge on any atom is -0.507 e. The molecule has 0 radical (unpaired) electrons. The van der Waals surface area contributed by atoms with Gasteiger partial charge in [-0.25, -0.2) is 0 Å². The van der Waals surface area contributed by atoms with Crippen LogP contribution in [0.25, 0.3) is 0 Å². The summed E-state index contributed by atoms with van der Waals surface area (Å²) in [5.74, 6) is 0.391. The molecule has 0 spiro atoms. The molecule has 88 valence electrons. The maximum absolute atomic E-state index is 9.90. The third-order valence-corrected chi connectivity index (χ3v) is 3.20. The van der Waals surface area contributed by atoms with Crippen molar-refractivity contribution in [1.29, 1.82) is 0 Å². The largest absolute Gasteiger partial charge is 0.507 e. The smallest absolute Gasteiger partial charge is 0.122 e. The second-order valence-electron chi connectivity index (χ2n) is 4.61.